The molecule has 2 unspecified atom stereocenters. The Labute approximate surface area is 94.4 Å². The van der Waals surface area contributed by atoms with Crippen molar-refractivity contribution in [2.45, 2.75) is 31.3 Å². The summed E-state index contributed by atoms with van der Waals surface area (Å²) in [5.74, 6) is 0.360. The van der Waals surface area contributed by atoms with Gasteiger partial charge in [0.25, 0.3) is 5.91 Å². The highest BCUT2D eigenvalue weighted by Gasteiger charge is 2.32. The van der Waals surface area contributed by atoms with Crippen molar-refractivity contribution < 1.29 is 14.7 Å². The first-order valence-electron chi connectivity index (χ1n) is 4.88. The van der Waals surface area contributed by atoms with Gasteiger partial charge in [0.05, 0.1) is 0 Å². The van der Waals surface area contributed by atoms with Crippen LogP contribution in [0, 0.1) is 12.3 Å². The molecule has 0 fully saturated rings. The van der Waals surface area contributed by atoms with E-state index in [1.165, 1.54) is 6.92 Å². The van der Waals surface area contributed by atoms with E-state index in [2.05, 4.69) is 11.2 Å². The number of rotatable bonds is 6. The maximum Gasteiger partial charge on any atom is 0.325 e. The number of carbonyl (C=O) groups is 2. The highest BCUT2D eigenvalue weighted by atomic mass is 16.4. The van der Waals surface area contributed by atoms with Crippen LogP contribution in [0.4, 0.5) is 0 Å². The molecule has 0 aliphatic heterocycles. The molecule has 0 aromatic heterocycles. The van der Waals surface area contributed by atoms with E-state index in [0.29, 0.717) is 13.0 Å². The maximum atomic E-state index is 11.6. The first kappa shape index (κ1) is 14.4. The van der Waals surface area contributed by atoms with Gasteiger partial charge in [0.2, 0.25) is 0 Å². The zero-order chi connectivity index (χ0) is 12.8. The zero-order valence-electron chi connectivity index (χ0n) is 9.19. The molecule has 0 aliphatic rings. The van der Waals surface area contributed by atoms with Crippen LogP contribution in [0.3, 0.4) is 0 Å². The Kier molecular flexibility index (Phi) is 5.50. The van der Waals surface area contributed by atoms with E-state index in [-0.39, 0.29) is 6.42 Å². The quantitative estimate of drug-likeness (QED) is 0.418. The average Bonchev–Trinajstić information content (AvgIpc) is 2.25. The SMILES string of the molecule is C#CC(N)(CCCN)C(=O)NC(C)C(=O)O. The van der Waals surface area contributed by atoms with Gasteiger partial charge in [-0.05, 0) is 26.3 Å². The zero-order valence-corrected chi connectivity index (χ0v) is 9.19. The molecule has 6 nitrogen and oxygen atoms in total. The number of nitrogens with one attached hydrogen (secondary N) is 1. The Morgan fingerprint density at radius 3 is 2.56 bits per heavy atom. The lowest BCUT2D eigenvalue weighted by atomic mass is 9.94. The Hall–Kier alpha value is -1.58. The topological polar surface area (TPSA) is 118 Å². The standard InChI is InChI=1S/C10H17N3O3/c1-3-10(12,5-4-6-11)9(16)13-7(2)8(14)15/h1,7H,4-6,11-12H2,2H3,(H,13,16)(H,14,15). The normalized spacial score (nSPS) is 15.6. The van der Waals surface area contributed by atoms with Crippen LogP contribution in [0.15, 0.2) is 0 Å². The second kappa shape index (κ2) is 6.10. The van der Waals surface area contributed by atoms with Crippen LogP contribution < -0.4 is 16.8 Å². The molecule has 0 aromatic carbocycles. The van der Waals surface area contributed by atoms with Gasteiger partial charge in [-0.15, -0.1) is 6.42 Å². The summed E-state index contributed by atoms with van der Waals surface area (Å²) in [4.78, 5) is 22.2. The van der Waals surface area contributed by atoms with E-state index in [9.17, 15) is 9.59 Å². The number of hydrogen-bond acceptors (Lipinski definition) is 4. The van der Waals surface area contributed by atoms with E-state index in [1.807, 2.05) is 0 Å². The lowest BCUT2D eigenvalue weighted by molar-refractivity contribution is -0.141. The lowest BCUT2D eigenvalue weighted by Gasteiger charge is -2.23. The molecule has 0 aromatic rings. The van der Waals surface area contributed by atoms with Crippen molar-refractivity contribution in [1.82, 2.24) is 5.32 Å². The molecule has 90 valence electrons. The van der Waals surface area contributed by atoms with Gasteiger partial charge in [0.1, 0.15) is 6.04 Å². The van der Waals surface area contributed by atoms with Crippen molar-refractivity contribution in [3.8, 4) is 12.3 Å². The Morgan fingerprint density at radius 2 is 2.19 bits per heavy atom. The number of carbonyl (C=O) groups excluding carboxylic acids is 1. The van der Waals surface area contributed by atoms with Crippen molar-refractivity contribution in [3.05, 3.63) is 0 Å². The smallest absolute Gasteiger partial charge is 0.325 e. The monoisotopic (exact) mass is 227 g/mol. The fourth-order valence-electron chi connectivity index (χ4n) is 1.02. The number of hydrogen-bond donors (Lipinski definition) is 4. The summed E-state index contributed by atoms with van der Waals surface area (Å²) in [5.41, 5.74) is 9.47. The van der Waals surface area contributed by atoms with Crippen LogP contribution in [-0.4, -0.2) is 35.1 Å². The molecule has 0 radical (unpaired) electrons. The van der Waals surface area contributed by atoms with Gasteiger partial charge in [-0.25, -0.2) is 0 Å². The summed E-state index contributed by atoms with van der Waals surface area (Å²) in [6.45, 7) is 1.70. The summed E-state index contributed by atoms with van der Waals surface area (Å²) >= 11 is 0. The first-order valence-corrected chi connectivity index (χ1v) is 4.88. The summed E-state index contributed by atoms with van der Waals surface area (Å²) in [5, 5.41) is 10.9. The molecule has 0 saturated heterocycles. The van der Waals surface area contributed by atoms with Crippen molar-refractivity contribution in [1.29, 1.82) is 0 Å². The lowest BCUT2D eigenvalue weighted by Crippen LogP contribution is -2.56. The van der Waals surface area contributed by atoms with Crippen molar-refractivity contribution in [3.63, 3.8) is 0 Å². The van der Waals surface area contributed by atoms with E-state index in [0.717, 1.165) is 0 Å². The third-order valence-corrected chi connectivity index (χ3v) is 2.16. The molecule has 6 heteroatoms. The minimum atomic E-state index is -1.50. The van der Waals surface area contributed by atoms with Crippen LogP contribution in [0.25, 0.3) is 0 Å². The number of carboxylic acids is 1. The van der Waals surface area contributed by atoms with Gasteiger partial charge in [0.15, 0.2) is 5.54 Å². The van der Waals surface area contributed by atoms with Gasteiger partial charge in [-0.2, -0.15) is 0 Å². The van der Waals surface area contributed by atoms with Gasteiger partial charge in [0, 0.05) is 0 Å². The molecule has 0 spiro atoms. The minimum absolute atomic E-state index is 0.220. The Bertz CT molecular complexity index is 311. The van der Waals surface area contributed by atoms with Crippen LogP contribution in [0.5, 0.6) is 0 Å². The molecular formula is C10H17N3O3. The van der Waals surface area contributed by atoms with Crippen molar-refractivity contribution >= 4 is 11.9 Å². The van der Waals surface area contributed by atoms with E-state index < -0.39 is 23.5 Å². The van der Waals surface area contributed by atoms with Gasteiger partial charge < -0.3 is 21.9 Å². The van der Waals surface area contributed by atoms with Crippen LogP contribution in [-0.2, 0) is 9.59 Å². The molecular weight excluding hydrogens is 210 g/mol. The first-order chi connectivity index (χ1) is 7.37. The highest BCUT2D eigenvalue weighted by Crippen LogP contribution is 2.08. The molecule has 0 bridgehead atoms. The van der Waals surface area contributed by atoms with E-state index in [1.54, 1.807) is 0 Å². The highest BCUT2D eigenvalue weighted by molar-refractivity contribution is 5.92. The predicted octanol–water partition coefficient (Wildman–Crippen LogP) is -1.35. The third-order valence-electron chi connectivity index (χ3n) is 2.16. The van der Waals surface area contributed by atoms with Crippen LogP contribution >= 0.6 is 0 Å². The van der Waals surface area contributed by atoms with Crippen LogP contribution in [0.1, 0.15) is 19.8 Å². The summed E-state index contributed by atoms with van der Waals surface area (Å²) in [6, 6.07) is -1.03. The molecule has 1 amide bonds. The second-order valence-electron chi connectivity index (χ2n) is 3.54. The Morgan fingerprint density at radius 1 is 1.62 bits per heavy atom. The molecule has 0 heterocycles. The largest absolute Gasteiger partial charge is 0.480 e. The van der Waals surface area contributed by atoms with E-state index >= 15 is 0 Å². The summed E-state index contributed by atoms with van der Waals surface area (Å²) in [7, 11) is 0. The maximum absolute atomic E-state index is 11.6. The number of carboxylic acid groups (broad SMARTS) is 1. The molecule has 0 saturated carbocycles. The second-order valence-corrected chi connectivity index (χ2v) is 3.54. The molecule has 0 rings (SSSR count). The number of aliphatic carboxylic acids is 1. The molecule has 0 aliphatic carbocycles. The van der Waals surface area contributed by atoms with Gasteiger partial charge in [-0.3, -0.25) is 9.59 Å². The van der Waals surface area contributed by atoms with E-state index in [4.69, 9.17) is 23.0 Å². The van der Waals surface area contributed by atoms with Gasteiger partial charge >= 0.3 is 5.97 Å². The molecule has 6 N–H and O–H groups in total. The summed E-state index contributed by atoms with van der Waals surface area (Å²) in [6.07, 6.45) is 5.89. The average molecular weight is 227 g/mol. The van der Waals surface area contributed by atoms with Crippen molar-refractivity contribution in [2.75, 3.05) is 6.54 Å². The fraction of sp³-hybridized carbons (Fsp3) is 0.600. The number of nitrogens with two attached hydrogens (primary N) is 2. The Balaban J connectivity index is 4.54. The third kappa shape index (κ3) is 3.88. The number of terminal acetylenes is 1. The molecule has 16 heavy (non-hydrogen) atoms. The summed E-state index contributed by atoms with van der Waals surface area (Å²) < 4.78 is 0. The molecule has 2 atom stereocenters. The van der Waals surface area contributed by atoms with Crippen LogP contribution in [0.2, 0.25) is 0 Å². The minimum Gasteiger partial charge on any atom is -0.480 e. The fourth-order valence-corrected chi connectivity index (χ4v) is 1.02. The predicted molar refractivity (Wildman–Crippen MR) is 59.3 cm³/mol. The van der Waals surface area contributed by atoms with Crippen molar-refractivity contribution in [2.24, 2.45) is 11.5 Å². The number of amides is 1. The van der Waals surface area contributed by atoms with Gasteiger partial charge in [-0.1, -0.05) is 5.92 Å².